The minimum Gasteiger partial charge on any atom is -0.506 e. The number of para-hydroxylation sites is 1. The molecule has 19 heavy (non-hydrogen) atoms. The number of carbonyl (C=O) groups is 2. The number of pyridine rings is 1. The normalized spacial score (nSPS) is 15.2. The molecule has 0 amide bonds. The molecule has 3 rings (SSSR count). The maximum atomic E-state index is 11.4. The van der Waals surface area contributed by atoms with Crippen LogP contribution in [0, 0.1) is 0 Å². The van der Waals surface area contributed by atoms with Gasteiger partial charge in [-0.3, -0.25) is 9.59 Å². The van der Waals surface area contributed by atoms with E-state index in [0.717, 1.165) is 0 Å². The quantitative estimate of drug-likeness (QED) is 0.722. The molecule has 0 spiro atoms. The Morgan fingerprint density at radius 3 is 2.63 bits per heavy atom. The zero-order valence-corrected chi connectivity index (χ0v) is 9.75. The first kappa shape index (κ1) is 11.5. The summed E-state index contributed by atoms with van der Waals surface area (Å²) in [6.07, 6.45) is -0.0882. The minimum atomic E-state index is -0.555. The van der Waals surface area contributed by atoms with E-state index in [9.17, 15) is 14.7 Å². The summed E-state index contributed by atoms with van der Waals surface area (Å²) in [6, 6.07) is 6.33. The van der Waals surface area contributed by atoms with Gasteiger partial charge in [0.1, 0.15) is 11.3 Å². The van der Waals surface area contributed by atoms with Gasteiger partial charge in [-0.1, -0.05) is 12.1 Å². The summed E-state index contributed by atoms with van der Waals surface area (Å²) in [7, 11) is 0. The van der Waals surface area contributed by atoms with E-state index in [0.29, 0.717) is 5.39 Å². The maximum Gasteiger partial charge on any atom is 0.313 e. The molecule has 0 bridgehead atoms. The smallest absolute Gasteiger partial charge is 0.313 e. The van der Waals surface area contributed by atoms with Crippen LogP contribution in [0.3, 0.4) is 0 Å². The van der Waals surface area contributed by atoms with Gasteiger partial charge in [0, 0.05) is 5.39 Å². The van der Waals surface area contributed by atoms with Gasteiger partial charge in [0.25, 0.3) is 5.88 Å². The number of hydrogen-bond donors (Lipinski definition) is 1. The summed E-state index contributed by atoms with van der Waals surface area (Å²) in [6.45, 7) is 0. The second-order valence-electron chi connectivity index (χ2n) is 4.09. The third kappa shape index (κ3) is 2.08. The van der Waals surface area contributed by atoms with Crippen molar-refractivity contribution in [3.05, 3.63) is 24.3 Å². The molecule has 0 fully saturated rings. The lowest BCUT2D eigenvalue weighted by Crippen LogP contribution is -2.19. The highest BCUT2D eigenvalue weighted by Crippen LogP contribution is 2.34. The second-order valence-corrected chi connectivity index (χ2v) is 4.09. The highest BCUT2D eigenvalue weighted by molar-refractivity contribution is 5.89. The minimum absolute atomic E-state index is 0.0314. The number of carbonyl (C=O) groups excluding carboxylic acids is 2. The number of nitrogens with zero attached hydrogens (tertiary/aromatic N) is 1. The van der Waals surface area contributed by atoms with Crippen molar-refractivity contribution in [1.82, 2.24) is 4.98 Å². The number of esters is 2. The van der Waals surface area contributed by atoms with E-state index in [1.54, 1.807) is 12.1 Å². The number of rotatable bonds is 0. The van der Waals surface area contributed by atoms with Crippen LogP contribution in [0.15, 0.2) is 24.3 Å². The molecule has 1 aromatic heterocycles. The van der Waals surface area contributed by atoms with Gasteiger partial charge in [-0.25, -0.2) is 4.98 Å². The molecule has 1 N–H and O–H groups in total. The van der Waals surface area contributed by atoms with Crippen molar-refractivity contribution in [2.75, 3.05) is 0 Å². The molecule has 1 aliphatic heterocycles. The predicted molar refractivity (Wildman–Crippen MR) is 63.9 cm³/mol. The van der Waals surface area contributed by atoms with Crippen molar-refractivity contribution < 1.29 is 24.2 Å². The number of aromatic hydroxyl groups is 1. The summed E-state index contributed by atoms with van der Waals surface area (Å²) >= 11 is 0. The Bertz CT molecular complexity index is 695. The molecule has 0 aliphatic carbocycles. The Labute approximate surface area is 107 Å². The van der Waals surface area contributed by atoms with Gasteiger partial charge in [0.2, 0.25) is 0 Å². The molecule has 0 atom stereocenters. The number of ether oxygens (including phenoxy) is 2. The van der Waals surface area contributed by atoms with Gasteiger partial charge < -0.3 is 14.6 Å². The van der Waals surface area contributed by atoms with Crippen LogP contribution in [0.4, 0.5) is 0 Å². The van der Waals surface area contributed by atoms with Crippen LogP contribution >= 0.6 is 0 Å². The van der Waals surface area contributed by atoms with Gasteiger partial charge in [-0.05, 0) is 12.1 Å². The van der Waals surface area contributed by atoms with Crippen LogP contribution in [0.2, 0.25) is 0 Å². The lowest BCUT2D eigenvalue weighted by atomic mass is 10.2. The Balaban J connectivity index is 2.21. The molecule has 1 aliphatic rings. The average molecular weight is 259 g/mol. The highest BCUT2D eigenvalue weighted by Gasteiger charge is 2.21. The van der Waals surface area contributed by atoms with Crippen LogP contribution in [-0.4, -0.2) is 22.0 Å². The van der Waals surface area contributed by atoms with Gasteiger partial charge in [-0.2, -0.15) is 0 Å². The summed E-state index contributed by atoms with van der Waals surface area (Å²) in [5.41, 5.74) is 0.283. The number of phenolic OH excluding ortho intramolecular Hbond substituents is 1. The molecule has 0 saturated heterocycles. The number of benzene rings is 1. The lowest BCUT2D eigenvalue weighted by molar-refractivity contribution is -0.142. The largest absolute Gasteiger partial charge is 0.506 e. The number of hydrogen-bond acceptors (Lipinski definition) is 6. The number of aromatic nitrogens is 1. The van der Waals surface area contributed by atoms with E-state index in [1.807, 2.05) is 0 Å². The molecular weight excluding hydrogens is 250 g/mol. The fraction of sp³-hybridized carbons (Fsp3) is 0.154. The van der Waals surface area contributed by atoms with Gasteiger partial charge >= 0.3 is 11.9 Å². The maximum absolute atomic E-state index is 11.4. The molecule has 0 radical (unpaired) electrons. The van der Waals surface area contributed by atoms with Crippen LogP contribution < -0.4 is 9.47 Å². The van der Waals surface area contributed by atoms with Gasteiger partial charge in [0.15, 0.2) is 5.75 Å². The van der Waals surface area contributed by atoms with Crippen LogP contribution in [0.25, 0.3) is 10.9 Å². The van der Waals surface area contributed by atoms with E-state index in [-0.39, 0.29) is 35.7 Å². The number of fused-ring (bicyclic) bond motifs is 2. The first-order chi connectivity index (χ1) is 9.13. The van der Waals surface area contributed by atoms with Crippen molar-refractivity contribution in [1.29, 1.82) is 0 Å². The second kappa shape index (κ2) is 4.24. The number of phenols is 1. The van der Waals surface area contributed by atoms with Crippen molar-refractivity contribution in [2.24, 2.45) is 0 Å². The molecular formula is C13H9NO5. The first-order valence-corrected chi connectivity index (χ1v) is 5.67. The first-order valence-electron chi connectivity index (χ1n) is 5.67. The Kier molecular flexibility index (Phi) is 2.56. The zero-order chi connectivity index (χ0) is 13.4. The molecule has 6 nitrogen and oxygen atoms in total. The van der Waals surface area contributed by atoms with Crippen LogP contribution in [0.1, 0.15) is 12.8 Å². The average Bonchev–Trinajstić information content (AvgIpc) is 2.37. The Morgan fingerprint density at radius 1 is 1.11 bits per heavy atom. The highest BCUT2D eigenvalue weighted by atomic mass is 16.6. The van der Waals surface area contributed by atoms with E-state index in [4.69, 9.17) is 9.47 Å². The molecule has 96 valence electrons. The standard InChI is InChI=1S/C13H9NO5/c15-8-3-1-2-7-6-9-13(14-12(7)8)19-11(17)5-4-10(16)18-9/h1-3,6,15H,4-5H2. The predicted octanol–water partition coefficient (Wildman–Crippen LogP) is 1.54. The van der Waals surface area contributed by atoms with E-state index in [1.165, 1.54) is 12.1 Å². The Hall–Kier alpha value is -2.63. The monoisotopic (exact) mass is 259 g/mol. The molecule has 1 aromatic carbocycles. The molecule has 0 saturated carbocycles. The SMILES string of the molecule is O=C1CCC(=O)Oc2nc3c(O)cccc3cc2O1. The van der Waals surface area contributed by atoms with Crippen molar-refractivity contribution >= 4 is 22.8 Å². The fourth-order valence-corrected chi connectivity index (χ4v) is 1.83. The third-order valence-corrected chi connectivity index (χ3v) is 2.72. The van der Waals surface area contributed by atoms with E-state index >= 15 is 0 Å². The van der Waals surface area contributed by atoms with Crippen molar-refractivity contribution in [3.63, 3.8) is 0 Å². The summed E-state index contributed by atoms with van der Waals surface area (Å²) < 4.78 is 10.1. The third-order valence-electron chi connectivity index (χ3n) is 2.72. The molecule has 0 unspecified atom stereocenters. The molecule has 6 heteroatoms. The fourth-order valence-electron chi connectivity index (χ4n) is 1.83. The van der Waals surface area contributed by atoms with Crippen LogP contribution in [0.5, 0.6) is 17.4 Å². The van der Waals surface area contributed by atoms with E-state index < -0.39 is 11.9 Å². The Morgan fingerprint density at radius 2 is 1.84 bits per heavy atom. The zero-order valence-electron chi connectivity index (χ0n) is 9.75. The summed E-state index contributed by atoms with van der Waals surface area (Å²) in [4.78, 5) is 26.9. The molecule has 2 heterocycles. The summed E-state index contributed by atoms with van der Waals surface area (Å²) in [5, 5.41) is 10.3. The summed E-state index contributed by atoms with van der Waals surface area (Å²) in [5.74, 6) is -1.13. The van der Waals surface area contributed by atoms with Crippen molar-refractivity contribution in [2.45, 2.75) is 12.8 Å². The topological polar surface area (TPSA) is 85.7 Å². The van der Waals surface area contributed by atoms with Crippen molar-refractivity contribution in [3.8, 4) is 17.4 Å². The van der Waals surface area contributed by atoms with Gasteiger partial charge in [0.05, 0.1) is 12.8 Å². The van der Waals surface area contributed by atoms with E-state index in [2.05, 4.69) is 4.98 Å². The van der Waals surface area contributed by atoms with Crippen LogP contribution in [-0.2, 0) is 9.59 Å². The molecule has 2 aromatic rings. The van der Waals surface area contributed by atoms with Gasteiger partial charge in [-0.15, -0.1) is 0 Å². The lowest BCUT2D eigenvalue weighted by Gasteiger charge is -2.13.